The Labute approximate surface area is 116 Å². The van der Waals surface area contributed by atoms with E-state index in [2.05, 4.69) is 0 Å². The van der Waals surface area contributed by atoms with Gasteiger partial charge in [-0.1, -0.05) is 0 Å². The van der Waals surface area contributed by atoms with Gasteiger partial charge in [0.1, 0.15) is 12.7 Å². The molecule has 20 heavy (non-hydrogen) atoms. The van der Waals surface area contributed by atoms with Crippen LogP contribution in [0.1, 0.15) is 20.8 Å². The predicted molar refractivity (Wildman–Crippen MR) is 63.4 cm³/mol. The molecule has 0 aromatic heterocycles. The molecular weight excluding hydrogens is 272 g/mol. The highest BCUT2D eigenvalue weighted by molar-refractivity contribution is 5.67. The minimum absolute atomic E-state index is 0.134. The molecule has 0 saturated carbocycles. The van der Waals surface area contributed by atoms with Gasteiger partial charge < -0.3 is 23.7 Å². The molecule has 0 amide bonds. The number of ether oxygens (including phenoxy) is 5. The third-order valence-electron chi connectivity index (χ3n) is 2.55. The van der Waals surface area contributed by atoms with Crippen molar-refractivity contribution < 1.29 is 38.1 Å². The lowest BCUT2D eigenvalue weighted by atomic mass is 10.1. The van der Waals surface area contributed by atoms with Crippen molar-refractivity contribution in [2.24, 2.45) is 0 Å². The number of rotatable bonds is 5. The zero-order chi connectivity index (χ0) is 15.3. The van der Waals surface area contributed by atoms with E-state index < -0.39 is 42.5 Å². The minimum atomic E-state index is -0.915. The number of methoxy groups -OCH3 is 1. The number of hydrogen-bond donors (Lipinski definition) is 0. The minimum Gasteiger partial charge on any atom is -0.463 e. The molecule has 1 heterocycles. The first-order valence-corrected chi connectivity index (χ1v) is 6.01. The van der Waals surface area contributed by atoms with Crippen molar-refractivity contribution in [3.05, 3.63) is 0 Å². The molecular formula is C12H18O8. The van der Waals surface area contributed by atoms with E-state index in [0.717, 1.165) is 0 Å². The van der Waals surface area contributed by atoms with Crippen molar-refractivity contribution in [3.63, 3.8) is 0 Å². The van der Waals surface area contributed by atoms with Crippen LogP contribution in [0.15, 0.2) is 0 Å². The second-order valence-electron chi connectivity index (χ2n) is 4.23. The van der Waals surface area contributed by atoms with Gasteiger partial charge in [0.25, 0.3) is 0 Å². The van der Waals surface area contributed by atoms with Crippen LogP contribution in [0, 0.1) is 0 Å². The van der Waals surface area contributed by atoms with Crippen LogP contribution in [0.2, 0.25) is 0 Å². The first-order valence-electron chi connectivity index (χ1n) is 6.01. The standard InChI is InChI=1S/C12H18O8/c1-6(13)17-5-9-10(18-7(2)14)11(19-8(3)15)12(16-4)20-9/h9-12H,5H2,1-4H3/t9?,10-,11-,12?/m1/s1. The van der Waals surface area contributed by atoms with Gasteiger partial charge in [-0.3, -0.25) is 14.4 Å². The smallest absolute Gasteiger partial charge is 0.303 e. The molecule has 114 valence electrons. The van der Waals surface area contributed by atoms with Crippen molar-refractivity contribution in [2.45, 2.75) is 45.4 Å². The molecule has 0 aromatic rings. The Morgan fingerprint density at radius 2 is 1.50 bits per heavy atom. The van der Waals surface area contributed by atoms with E-state index in [-0.39, 0.29) is 6.61 Å². The largest absolute Gasteiger partial charge is 0.463 e. The maximum Gasteiger partial charge on any atom is 0.303 e. The van der Waals surface area contributed by atoms with Crippen molar-refractivity contribution in [1.82, 2.24) is 0 Å². The molecule has 0 radical (unpaired) electrons. The van der Waals surface area contributed by atoms with Gasteiger partial charge in [0.2, 0.25) is 0 Å². The SMILES string of the molecule is COC1OC(COC(C)=O)[C@@H](OC(C)=O)[C@H]1OC(C)=O. The summed E-state index contributed by atoms with van der Waals surface area (Å²) in [5.41, 5.74) is 0. The first kappa shape index (κ1) is 16.4. The molecule has 1 aliphatic rings. The van der Waals surface area contributed by atoms with Crippen LogP contribution in [0.4, 0.5) is 0 Å². The van der Waals surface area contributed by atoms with Gasteiger partial charge in [0, 0.05) is 27.9 Å². The molecule has 2 unspecified atom stereocenters. The summed E-state index contributed by atoms with van der Waals surface area (Å²) in [6.45, 7) is 3.54. The van der Waals surface area contributed by atoms with Crippen LogP contribution in [0.25, 0.3) is 0 Å². The van der Waals surface area contributed by atoms with E-state index in [0.29, 0.717) is 0 Å². The van der Waals surface area contributed by atoms with Crippen LogP contribution in [-0.4, -0.2) is 56.2 Å². The maximum atomic E-state index is 11.1. The Morgan fingerprint density at radius 1 is 0.950 bits per heavy atom. The van der Waals surface area contributed by atoms with Crippen LogP contribution in [0.5, 0.6) is 0 Å². The van der Waals surface area contributed by atoms with E-state index in [4.69, 9.17) is 23.7 Å². The van der Waals surface area contributed by atoms with E-state index >= 15 is 0 Å². The molecule has 4 atom stereocenters. The summed E-state index contributed by atoms with van der Waals surface area (Å²) in [5.74, 6) is -1.63. The fraction of sp³-hybridized carbons (Fsp3) is 0.750. The van der Waals surface area contributed by atoms with Gasteiger partial charge in [0.05, 0.1) is 0 Å². The van der Waals surface area contributed by atoms with Crippen molar-refractivity contribution in [2.75, 3.05) is 13.7 Å². The third kappa shape index (κ3) is 4.46. The molecule has 0 spiro atoms. The Bertz CT molecular complexity index is 380. The third-order valence-corrected chi connectivity index (χ3v) is 2.55. The molecule has 1 fully saturated rings. The lowest BCUT2D eigenvalue weighted by Gasteiger charge is -2.22. The molecule has 0 aliphatic carbocycles. The Morgan fingerprint density at radius 3 is 1.95 bits per heavy atom. The summed E-state index contributed by atoms with van der Waals surface area (Å²) in [6, 6.07) is 0. The predicted octanol–water partition coefficient (Wildman–Crippen LogP) is -0.216. The normalized spacial score (nSPS) is 28.8. The highest BCUT2D eigenvalue weighted by Crippen LogP contribution is 2.27. The molecule has 1 saturated heterocycles. The number of hydrogen-bond acceptors (Lipinski definition) is 8. The van der Waals surface area contributed by atoms with Gasteiger partial charge in [-0.2, -0.15) is 0 Å². The number of carbonyl (C=O) groups is 3. The van der Waals surface area contributed by atoms with Crippen LogP contribution in [0.3, 0.4) is 0 Å². The second kappa shape index (κ2) is 7.20. The van der Waals surface area contributed by atoms with E-state index in [1.54, 1.807) is 0 Å². The van der Waals surface area contributed by atoms with Crippen LogP contribution in [-0.2, 0) is 38.1 Å². The van der Waals surface area contributed by atoms with E-state index in [9.17, 15) is 14.4 Å². The Kier molecular flexibility index (Phi) is 5.90. The topological polar surface area (TPSA) is 97.4 Å². The summed E-state index contributed by atoms with van der Waals surface area (Å²) in [5, 5.41) is 0. The van der Waals surface area contributed by atoms with Gasteiger partial charge in [-0.05, 0) is 0 Å². The molecule has 8 heteroatoms. The zero-order valence-corrected chi connectivity index (χ0v) is 11.8. The summed E-state index contributed by atoms with van der Waals surface area (Å²) in [7, 11) is 1.36. The fourth-order valence-electron chi connectivity index (χ4n) is 1.87. The van der Waals surface area contributed by atoms with E-state index in [1.165, 1.54) is 27.9 Å². The van der Waals surface area contributed by atoms with Crippen molar-refractivity contribution >= 4 is 17.9 Å². The average Bonchev–Trinajstić information content (AvgIpc) is 2.63. The van der Waals surface area contributed by atoms with Gasteiger partial charge in [-0.25, -0.2) is 0 Å². The molecule has 8 nitrogen and oxygen atoms in total. The quantitative estimate of drug-likeness (QED) is 0.506. The molecule has 1 aliphatic heterocycles. The molecule has 0 aromatic carbocycles. The van der Waals surface area contributed by atoms with Gasteiger partial charge in [0.15, 0.2) is 18.5 Å². The summed E-state index contributed by atoms with van der Waals surface area (Å²) >= 11 is 0. The van der Waals surface area contributed by atoms with E-state index in [1.807, 2.05) is 0 Å². The van der Waals surface area contributed by atoms with Crippen LogP contribution >= 0.6 is 0 Å². The maximum absolute atomic E-state index is 11.1. The Hall–Kier alpha value is -1.67. The fourth-order valence-corrected chi connectivity index (χ4v) is 1.87. The van der Waals surface area contributed by atoms with Crippen LogP contribution < -0.4 is 0 Å². The van der Waals surface area contributed by atoms with Gasteiger partial charge >= 0.3 is 17.9 Å². The van der Waals surface area contributed by atoms with Crippen molar-refractivity contribution in [3.8, 4) is 0 Å². The molecule has 1 rings (SSSR count). The summed E-state index contributed by atoms with van der Waals surface area (Å²) in [6.07, 6.45) is -3.48. The van der Waals surface area contributed by atoms with Crippen molar-refractivity contribution in [1.29, 1.82) is 0 Å². The molecule has 0 N–H and O–H groups in total. The molecule has 0 bridgehead atoms. The van der Waals surface area contributed by atoms with Gasteiger partial charge in [-0.15, -0.1) is 0 Å². The highest BCUT2D eigenvalue weighted by atomic mass is 16.7. The number of esters is 3. The monoisotopic (exact) mass is 290 g/mol. The first-order chi connectivity index (χ1) is 9.35. The Balaban J connectivity index is 2.84. The lowest BCUT2D eigenvalue weighted by Crippen LogP contribution is -2.41. The average molecular weight is 290 g/mol. The summed E-state index contributed by atoms with van der Waals surface area (Å²) < 4.78 is 25.5. The zero-order valence-electron chi connectivity index (χ0n) is 11.8. The second-order valence-corrected chi connectivity index (χ2v) is 4.23. The highest BCUT2D eigenvalue weighted by Gasteiger charge is 2.49. The summed E-state index contributed by atoms with van der Waals surface area (Å²) in [4.78, 5) is 33.1. The number of carbonyl (C=O) groups excluding carboxylic acids is 3. The lowest BCUT2D eigenvalue weighted by molar-refractivity contribution is -0.181.